The molecule has 0 N–H and O–H groups in total. The number of nitrogens with zero attached hydrogens (tertiary/aromatic N) is 3. The zero-order valence-electron chi connectivity index (χ0n) is 10.1. The molecule has 0 amide bonds. The van der Waals surface area contributed by atoms with Crippen LogP contribution in [0.2, 0.25) is 0 Å². The molecule has 2 aromatic rings. The van der Waals surface area contributed by atoms with Crippen LogP contribution in [0.5, 0.6) is 0 Å². The molecule has 0 radical (unpaired) electrons. The van der Waals surface area contributed by atoms with Gasteiger partial charge in [0.25, 0.3) is 0 Å². The van der Waals surface area contributed by atoms with E-state index in [1.54, 1.807) is 18.2 Å². The second-order valence-corrected chi connectivity index (χ2v) is 4.76. The number of benzene rings is 1. The third-order valence-electron chi connectivity index (χ3n) is 2.65. The maximum Gasteiger partial charge on any atom is 0.191 e. The molecule has 1 aromatic heterocycles. The molecule has 0 saturated heterocycles. The zero-order valence-corrected chi connectivity index (χ0v) is 10.9. The second kappa shape index (κ2) is 5.22. The Hall–Kier alpha value is -1.82. The summed E-state index contributed by atoms with van der Waals surface area (Å²) in [5.41, 5.74) is 0.951. The molecule has 0 spiro atoms. The fourth-order valence-corrected chi connectivity index (χ4v) is 2.46. The summed E-state index contributed by atoms with van der Waals surface area (Å²) in [6.07, 6.45) is 0. The lowest BCUT2D eigenvalue weighted by Crippen LogP contribution is -2.23. The lowest BCUT2D eigenvalue weighted by molar-refractivity contribution is -0.255. The van der Waals surface area contributed by atoms with E-state index in [4.69, 9.17) is 0 Å². The van der Waals surface area contributed by atoms with Crippen molar-refractivity contribution < 1.29 is 9.90 Å². The molecule has 0 aliphatic rings. The molecule has 1 heterocycles. The van der Waals surface area contributed by atoms with Gasteiger partial charge in [0.2, 0.25) is 0 Å². The van der Waals surface area contributed by atoms with Gasteiger partial charge in [0.15, 0.2) is 5.16 Å². The number of aromatic nitrogens is 3. The summed E-state index contributed by atoms with van der Waals surface area (Å²) >= 11 is 1.45. The van der Waals surface area contributed by atoms with Crippen molar-refractivity contribution in [3.8, 4) is 0 Å². The lowest BCUT2D eigenvalue weighted by atomic mass is 10.1. The lowest BCUT2D eigenvalue weighted by Gasteiger charge is -2.09. The standard InChI is InChI=1S/C12H13N3O2S/c1-8-13-14-12(15(8)2)18-7-9-5-3-4-6-10(9)11(16)17/h3-6H,7H2,1-2H3,(H,16,17)/p-1. The van der Waals surface area contributed by atoms with Crippen LogP contribution in [-0.2, 0) is 12.8 Å². The van der Waals surface area contributed by atoms with Gasteiger partial charge in [0, 0.05) is 18.4 Å². The Bertz CT molecular complexity index is 580. The molecule has 0 bridgehead atoms. The Balaban J connectivity index is 2.16. The van der Waals surface area contributed by atoms with Crippen molar-refractivity contribution in [2.45, 2.75) is 17.8 Å². The molecule has 0 unspecified atom stereocenters. The van der Waals surface area contributed by atoms with Crippen LogP contribution in [0, 0.1) is 6.92 Å². The van der Waals surface area contributed by atoms with Crippen LogP contribution >= 0.6 is 11.8 Å². The van der Waals surface area contributed by atoms with Crippen molar-refractivity contribution >= 4 is 17.7 Å². The third-order valence-corrected chi connectivity index (χ3v) is 3.72. The van der Waals surface area contributed by atoms with Crippen LogP contribution in [0.4, 0.5) is 0 Å². The number of thioether (sulfide) groups is 1. The summed E-state index contributed by atoms with van der Waals surface area (Å²) in [4.78, 5) is 11.0. The molecule has 0 fully saturated rings. The van der Waals surface area contributed by atoms with E-state index in [-0.39, 0.29) is 5.56 Å². The Morgan fingerprint density at radius 1 is 1.39 bits per heavy atom. The number of carbonyl (C=O) groups is 1. The summed E-state index contributed by atoms with van der Waals surface area (Å²) < 4.78 is 1.87. The van der Waals surface area contributed by atoms with E-state index in [0.717, 1.165) is 16.5 Å². The number of hydrogen-bond donors (Lipinski definition) is 0. The molecule has 2 rings (SSSR count). The number of carbonyl (C=O) groups excluding carboxylic acids is 1. The molecule has 0 atom stereocenters. The molecular formula is C12H12N3O2S-. The van der Waals surface area contributed by atoms with E-state index in [9.17, 15) is 9.90 Å². The van der Waals surface area contributed by atoms with Crippen molar-refractivity contribution in [2.24, 2.45) is 7.05 Å². The van der Waals surface area contributed by atoms with Gasteiger partial charge in [0.1, 0.15) is 5.82 Å². The van der Waals surface area contributed by atoms with Gasteiger partial charge in [-0.25, -0.2) is 0 Å². The quantitative estimate of drug-likeness (QED) is 0.761. The molecule has 1 aromatic carbocycles. The minimum Gasteiger partial charge on any atom is -0.545 e. The highest BCUT2D eigenvalue weighted by atomic mass is 32.2. The Kier molecular flexibility index (Phi) is 3.66. The fraction of sp³-hybridized carbons (Fsp3) is 0.250. The van der Waals surface area contributed by atoms with E-state index in [2.05, 4.69) is 10.2 Å². The number of hydrogen-bond acceptors (Lipinski definition) is 5. The number of carboxylic acids is 1. The first-order valence-electron chi connectivity index (χ1n) is 5.37. The van der Waals surface area contributed by atoms with Gasteiger partial charge < -0.3 is 14.5 Å². The van der Waals surface area contributed by atoms with Crippen molar-refractivity contribution in [3.63, 3.8) is 0 Å². The van der Waals surface area contributed by atoms with Crippen LogP contribution in [0.1, 0.15) is 21.7 Å². The van der Waals surface area contributed by atoms with Crippen molar-refractivity contribution in [1.82, 2.24) is 14.8 Å². The van der Waals surface area contributed by atoms with Crippen molar-refractivity contribution in [2.75, 3.05) is 0 Å². The van der Waals surface area contributed by atoms with Crippen molar-refractivity contribution in [3.05, 3.63) is 41.2 Å². The van der Waals surface area contributed by atoms with Gasteiger partial charge in [-0.1, -0.05) is 36.0 Å². The molecule has 5 nitrogen and oxygen atoms in total. The van der Waals surface area contributed by atoms with Gasteiger partial charge in [-0.05, 0) is 12.5 Å². The minimum absolute atomic E-state index is 0.226. The number of aromatic carboxylic acids is 1. The van der Waals surface area contributed by atoms with Gasteiger partial charge in [-0.15, -0.1) is 10.2 Å². The van der Waals surface area contributed by atoms with Crippen LogP contribution in [-0.4, -0.2) is 20.7 Å². The first-order chi connectivity index (χ1) is 8.59. The average Bonchev–Trinajstić information content (AvgIpc) is 2.68. The Morgan fingerprint density at radius 2 is 2.11 bits per heavy atom. The van der Waals surface area contributed by atoms with Crippen molar-refractivity contribution in [1.29, 1.82) is 0 Å². The predicted molar refractivity (Wildman–Crippen MR) is 66.1 cm³/mol. The highest BCUT2D eigenvalue weighted by Crippen LogP contribution is 2.22. The Labute approximate surface area is 109 Å². The van der Waals surface area contributed by atoms with Gasteiger partial charge in [-0.3, -0.25) is 0 Å². The maximum atomic E-state index is 11.0. The first-order valence-corrected chi connectivity index (χ1v) is 6.36. The highest BCUT2D eigenvalue weighted by molar-refractivity contribution is 7.98. The van der Waals surface area contributed by atoms with E-state index in [0.29, 0.717) is 5.75 Å². The third kappa shape index (κ3) is 2.53. The maximum absolute atomic E-state index is 11.0. The van der Waals surface area contributed by atoms with Crippen LogP contribution in [0.25, 0.3) is 0 Å². The van der Waals surface area contributed by atoms with E-state index < -0.39 is 5.97 Å². The SMILES string of the molecule is Cc1nnc(SCc2ccccc2C(=O)[O-])n1C. The van der Waals surface area contributed by atoms with Crippen LogP contribution in [0.3, 0.4) is 0 Å². The smallest absolute Gasteiger partial charge is 0.191 e. The van der Waals surface area contributed by atoms with Gasteiger partial charge >= 0.3 is 0 Å². The Morgan fingerprint density at radius 3 is 2.72 bits per heavy atom. The summed E-state index contributed by atoms with van der Waals surface area (Å²) in [7, 11) is 1.88. The highest BCUT2D eigenvalue weighted by Gasteiger charge is 2.08. The molecule has 0 aliphatic heterocycles. The normalized spacial score (nSPS) is 10.6. The molecular weight excluding hydrogens is 250 g/mol. The monoisotopic (exact) mass is 262 g/mol. The predicted octanol–water partition coefficient (Wildman–Crippen LogP) is 0.779. The van der Waals surface area contributed by atoms with Crippen LogP contribution < -0.4 is 5.11 Å². The summed E-state index contributed by atoms with van der Waals surface area (Å²) in [5, 5.41) is 19.7. The van der Waals surface area contributed by atoms with Gasteiger partial charge in [0.05, 0.1) is 5.97 Å². The summed E-state index contributed by atoms with van der Waals surface area (Å²) in [6.45, 7) is 1.87. The summed E-state index contributed by atoms with van der Waals surface area (Å²) in [6, 6.07) is 6.82. The number of carboxylic acid groups (broad SMARTS) is 1. The number of aryl methyl sites for hydroxylation is 1. The number of rotatable bonds is 4. The average molecular weight is 262 g/mol. The summed E-state index contributed by atoms with van der Waals surface area (Å²) in [5.74, 6) is 0.196. The van der Waals surface area contributed by atoms with Gasteiger partial charge in [-0.2, -0.15) is 0 Å². The molecule has 0 saturated carbocycles. The topological polar surface area (TPSA) is 70.8 Å². The largest absolute Gasteiger partial charge is 0.545 e. The second-order valence-electron chi connectivity index (χ2n) is 3.82. The van der Waals surface area contributed by atoms with E-state index in [1.807, 2.05) is 24.6 Å². The molecule has 6 heteroatoms. The van der Waals surface area contributed by atoms with Crippen LogP contribution in [0.15, 0.2) is 29.4 Å². The van der Waals surface area contributed by atoms with E-state index >= 15 is 0 Å². The van der Waals surface area contributed by atoms with E-state index in [1.165, 1.54) is 11.8 Å². The molecule has 18 heavy (non-hydrogen) atoms. The molecule has 0 aliphatic carbocycles. The minimum atomic E-state index is -1.15. The zero-order chi connectivity index (χ0) is 13.1. The first kappa shape index (κ1) is 12.6. The molecule has 94 valence electrons. The fourth-order valence-electron chi connectivity index (χ4n) is 1.50.